The largest absolute Gasteiger partial charge is 0.454 e. The fourth-order valence-electron chi connectivity index (χ4n) is 6.43. The highest BCUT2D eigenvalue weighted by Crippen LogP contribution is 2.61. The molecule has 3 aromatic rings. The highest BCUT2D eigenvalue weighted by Gasteiger charge is 2.62. The molecule has 0 saturated carbocycles. The first kappa shape index (κ1) is 27.0. The molecular formula is C30H22ClF3N2O5. The molecule has 1 fully saturated rings. The van der Waals surface area contributed by atoms with Crippen molar-refractivity contribution in [3.05, 3.63) is 99.6 Å². The minimum atomic E-state index is -4.65. The van der Waals surface area contributed by atoms with Gasteiger partial charge in [-0.05, 0) is 47.4 Å². The Morgan fingerprint density at radius 1 is 0.902 bits per heavy atom. The summed E-state index contributed by atoms with van der Waals surface area (Å²) in [4.78, 5) is 53.7. The van der Waals surface area contributed by atoms with Crippen LogP contribution in [0.5, 0.6) is 0 Å². The van der Waals surface area contributed by atoms with Crippen molar-refractivity contribution in [2.24, 2.45) is 11.8 Å². The number of halogens is 4. The normalized spacial score (nSPS) is 23.0. The summed E-state index contributed by atoms with van der Waals surface area (Å²) >= 11 is 5.91. The molecule has 2 bridgehead atoms. The average molecular weight is 583 g/mol. The number of amides is 3. The standard InChI is InChI=1S/C30H22ClF3N2O5/c1-14(29(40)41-13-22(37)35-21-12-15(30(32,33)34)10-11-20(21)31)36-27(38)25-23-16-6-2-3-7-17(16)24(26(25)28(36)39)19-9-5-4-8-18(19)23/h2-12,14,23-26H,13H2,1H3,(H,35,37)/t14-,23?,24?,25-,26+/m1/s1. The molecule has 0 unspecified atom stereocenters. The maximum Gasteiger partial charge on any atom is 0.416 e. The Kier molecular flexibility index (Phi) is 6.41. The van der Waals surface area contributed by atoms with Gasteiger partial charge in [-0.15, -0.1) is 0 Å². The summed E-state index contributed by atoms with van der Waals surface area (Å²) < 4.78 is 44.1. The van der Waals surface area contributed by atoms with Crippen molar-refractivity contribution in [1.82, 2.24) is 4.90 Å². The van der Waals surface area contributed by atoms with Crippen molar-refractivity contribution in [3.8, 4) is 0 Å². The number of likely N-dealkylation sites (tertiary alicyclic amines) is 1. The number of imide groups is 1. The second-order valence-corrected chi connectivity index (χ2v) is 10.7. The number of benzene rings is 3. The van der Waals surface area contributed by atoms with Crippen molar-refractivity contribution >= 4 is 41.0 Å². The molecule has 11 heteroatoms. The summed E-state index contributed by atoms with van der Waals surface area (Å²) in [6, 6.07) is 16.5. The monoisotopic (exact) mass is 582 g/mol. The maximum atomic E-state index is 13.7. The van der Waals surface area contributed by atoms with Crippen molar-refractivity contribution in [2.75, 3.05) is 11.9 Å². The molecule has 3 aromatic carbocycles. The summed E-state index contributed by atoms with van der Waals surface area (Å²) in [5, 5.41) is 2.05. The van der Waals surface area contributed by atoms with Gasteiger partial charge in [0.25, 0.3) is 5.91 Å². The molecule has 3 aliphatic carbocycles. The summed E-state index contributed by atoms with van der Waals surface area (Å²) in [6.07, 6.45) is -4.65. The fraction of sp³-hybridized carbons (Fsp3) is 0.267. The molecule has 1 saturated heterocycles. The second-order valence-electron chi connectivity index (χ2n) is 10.3. The van der Waals surface area contributed by atoms with Crippen LogP contribution in [0.2, 0.25) is 5.02 Å². The number of nitrogens with one attached hydrogen (secondary N) is 1. The summed E-state index contributed by atoms with van der Waals surface area (Å²) in [5.41, 5.74) is 2.62. The first-order chi connectivity index (χ1) is 19.5. The molecule has 1 N–H and O–H groups in total. The number of anilines is 1. The van der Waals surface area contributed by atoms with Crippen molar-refractivity contribution < 1.29 is 37.1 Å². The van der Waals surface area contributed by atoms with E-state index in [0.29, 0.717) is 6.07 Å². The number of nitrogens with zero attached hydrogens (tertiary/aromatic N) is 1. The van der Waals surface area contributed by atoms with Crippen LogP contribution in [-0.4, -0.2) is 41.2 Å². The van der Waals surface area contributed by atoms with Crippen LogP contribution in [0.15, 0.2) is 66.7 Å². The van der Waals surface area contributed by atoms with Gasteiger partial charge in [0.1, 0.15) is 6.04 Å². The molecule has 210 valence electrons. The van der Waals surface area contributed by atoms with Crippen LogP contribution < -0.4 is 5.32 Å². The highest BCUT2D eigenvalue weighted by molar-refractivity contribution is 6.33. The fourth-order valence-corrected chi connectivity index (χ4v) is 6.59. The van der Waals surface area contributed by atoms with Crippen molar-refractivity contribution in [1.29, 1.82) is 0 Å². The van der Waals surface area contributed by atoms with E-state index in [1.807, 2.05) is 48.5 Å². The van der Waals surface area contributed by atoms with Gasteiger partial charge in [0, 0.05) is 11.8 Å². The zero-order valence-electron chi connectivity index (χ0n) is 21.4. The smallest absolute Gasteiger partial charge is 0.416 e. The third-order valence-corrected chi connectivity index (χ3v) is 8.45. The number of carbonyl (C=O) groups is 4. The summed E-state index contributed by atoms with van der Waals surface area (Å²) in [7, 11) is 0. The summed E-state index contributed by atoms with van der Waals surface area (Å²) in [5.74, 6) is -4.96. The van der Waals surface area contributed by atoms with Crippen LogP contribution in [0, 0.1) is 11.8 Å². The Labute approximate surface area is 237 Å². The molecular weight excluding hydrogens is 561 g/mol. The van der Waals surface area contributed by atoms with E-state index in [9.17, 15) is 32.3 Å². The molecule has 41 heavy (non-hydrogen) atoms. The number of esters is 1. The average Bonchev–Trinajstić information content (AvgIpc) is 3.22. The maximum absolute atomic E-state index is 13.7. The van der Waals surface area contributed by atoms with Crippen LogP contribution in [-0.2, 0) is 30.1 Å². The zero-order chi connectivity index (χ0) is 29.2. The first-order valence-electron chi connectivity index (χ1n) is 12.9. The first-order valence-corrected chi connectivity index (χ1v) is 13.2. The van der Waals surface area contributed by atoms with Gasteiger partial charge in [-0.1, -0.05) is 60.1 Å². The van der Waals surface area contributed by atoms with Crippen molar-refractivity contribution in [3.63, 3.8) is 0 Å². The van der Waals surface area contributed by atoms with Gasteiger partial charge in [0.2, 0.25) is 11.8 Å². The molecule has 0 spiro atoms. The van der Waals surface area contributed by atoms with Crippen LogP contribution in [0.25, 0.3) is 0 Å². The van der Waals surface area contributed by atoms with Crippen LogP contribution in [0.4, 0.5) is 18.9 Å². The number of alkyl halides is 3. The Morgan fingerprint density at radius 3 is 1.85 bits per heavy atom. The second kappa shape index (κ2) is 9.73. The molecule has 3 amide bonds. The van der Waals surface area contributed by atoms with E-state index < -0.39 is 59.9 Å². The molecule has 0 aromatic heterocycles. The molecule has 1 heterocycles. The predicted octanol–water partition coefficient (Wildman–Crippen LogP) is 5.12. The lowest BCUT2D eigenvalue weighted by atomic mass is 9.55. The Balaban J connectivity index is 1.18. The summed E-state index contributed by atoms with van der Waals surface area (Å²) in [6.45, 7) is 0.486. The molecule has 3 atom stereocenters. The number of hydrogen-bond acceptors (Lipinski definition) is 5. The number of hydrogen-bond donors (Lipinski definition) is 1. The molecule has 7 nitrogen and oxygen atoms in total. The van der Waals surface area contributed by atoms with Gasteiger partial charge in [-0.25, -0.2) is 4.79 Å². The quantitative estimate of drug-likeness (QED) is 0.333. The van der Waals surface area contributed by atoms with Crippen molar-refractivity contribution in [2.45, 2.75) is 31.0 Å². The van der Waals surface area contributed by atoms with Crippen LogP contribution in [0.1, 0.15) is 46.6 Å². The van der Waals surface area contributed by atoms with Gasteiger partial charge in [-0.3, -0.25) is 19.3 Å². The van der Waals surface area contributed by atoms with E-state index >= 15 is 0 Å². The SMILES string of the molecule is C[C@H](C(=O)OCC(=O)Nc1cc(C(F)(F)F)ccc1Cl)N1C(=O)[C@@H]2C3c4ccccc4C(c4ccccc43)[C@@H]2C1=O. The number of ether oxygens (including phenoxy) is 1. The molecule has 1 aliphatic heterocycles. The zero-order valence-corrected chi connectivity index (χ0v) is 22.2. The van der Waals surface area contributed by atoms with Gasteiger partial charge < -0.3 is 10.1 Å². The molecule has 7 rings (SSSR count). The van der Waals surface area contributed by atoms with E-state index in [1.165, 1.54) is 6.92 Å². The van der Waals surface area contributed by atoms with Gasteiger partial charge in [0.05, 0.1) is 28.1 Å². The third-order valence-electron chi connectivity index (χ3n) is 8.12. The Hall–Kier alpha value is -4.18. The minimum Gasteiger partial charge on any atom is -0.454 e. The van der Waals surface area contributed by atoms with E-state index in [-0.39, 0.29) is 22.5 Å². The molecule has 0 radical (unpaired) electrons. The lowest BCUT2D eigenvalue weighted by Crippen LogP contribution is -2.45. The Morgan fingerprint density at radius 2 is 1.39 bits per heavy atom. The third kappa shape index (κ3) is 4.28. The van der Waals surface area contributed by atoms with E-state index in [1.54, 1.807) is 0 Å². The van der Waals surface area contributed by atoms with E-state index in [0.717, 1.165) is 39.3 Å². The van der Waals surface area contributed by atoms with E-state index in [2.05, 4.69) is 5.32 Å². The van der Waals surface area contributed by atoms with Gasteiger partial charge >= 0.3 is 12.1 Å². The van der Waals surface area contributed by atoms with E-state index in [4.69, 9.17) is 16.3 Å². The molecule has 4 aliphatic rings. The number of carbonyl (C=O) groups excluding carboxylic acids is 4. The van der Waals surface area contributed by atoms with Crippen LogP contribution >= 0.6 is 11.6 Å². The lowest BCUT2D eigenvalue weighted by molar-refractivity contribution is -0.159. The van der Waals surface area contributed by atoms with Crippen LogP contribution in [0.3, 0.4) is 0 Å². The lowest BCUT2D eigenvalue weighted by Gasteiger charge is -2.45. The Bertz CT molecular complexity index is 1510. The number of rotatable bonds is 5. The highest BCUT2D eigenvalue weighted by atomic mass is 35.5. The minimum absolute atomic E-state index is 0.140. The topological polar surface area (TPSA) is 92.8 Å². The van der Waals surface area contributed by atoms with Gasteiger partial charge in [-0.2, -0.15) is 13.2 Å². The van der Waals surface area contributed by atoms with Gasteiger partial charge in [0.15, 0.2) is 6.61 Å². The predicted molar refractivity (Wildman–Crippen MR) is 141 cm³/mol.